The summed E-state index contributed by atoms with van der Waals surface area (Å²) >= 11 is 1.62. The zero-order chi connectivity index (χ0) is 26.8. The van der Waals surface area contributed by atoms with E-state index in [1.54, 1.807) is 60.8 Å². The molecule has 0 atom stereocenters. The van der Waals surface area contributed by atoms with Crippen molar-refractivity contribution in [3.05, 3.63) is 88.1 Å². The third-order valence-electron chi connectivity index (χ3n) is 6.07. The Kier molecular flexibility index (Phi) is 10.1. The van der Waals surface area contributed by atoms with Gasteiger partial charge in [-0.15, -0.1) is 17.9 Å². The molecule has 0 aliphatic carbocycles. The molecule has 0 saturated heterocycles. The molecule has 0 N–H and O–H groups in total. The molecule has 196 valence electrons. The van der Waals surface area contributed by atoms with Crippen molar-refractivity contribution in [3.8, 4) is 17.2 Å². The fraction of sp³-hybridized carbons (Fsp3) is 0.310. The van der Waals surface area contributed by atoms with Crippen molar-refractivity contribution < 1.29 is 23.8 Å². The lowest BCUT2D eigenvalue weighted by molar-refractivity contribution is -0.132. The minimum absolute atomic E-state index is 0.0702. The van der Waals surface area contributed by atoms with Crippen LogP contribution in [0.4, 0.5) is 0 Å². The van der Waals surface area contributed by atoms with E-state index in [1.165, 1.54) is 12.0 Å². The fourth-order valence-corrected chi connectivity index (χ4v) is 4.88. The maximum atomic E-state index is 13.6. The molecule has 7 nitrogen and oxygen atoms in total. The van der Waals surface area contributed by atoms with Gasteiger partial charge in [-0.05, 0) is 60.2 Å². The number of amides is 2. The number of carbonyl (C=O) groups excluding carboxylic acids is 2. The topological polar surface area (TPSA) is 68.3 Å². The first kappa shape index (κ1) is 27.8. The van der Waals surface area contributed by atoms with Crippen molar-refractivity contribution in [3.63, 3.8) is 0 Å². The van der Waals surface area contributed by atoms with E-state index in [0.29, 0.717) is 42.3 Å². The van der Waals surface area contributed by atoms with Crippen molar-refractivity contribution in [1.82, 2.24) is 9.80 Å². The Morgan fingerprint density at radius 3 is 2.32 bits per heavy atom. The number of methoxy groups -OCH3 is 3. The van der Waals surface area contributed by atoms with E-state index in [0.717, 1.165) is 16.0 Å². The maximum absolute atomic E-state index is 13.6. The van der Waals surface area contributed by atoms with Crippen LogP contribution in [-0.4, -0.2) is 62.6 Å². The SMILES string of the molecule is C=CCN(CC(=O)N(CCc1ccc(OC)c(OC)c1)Cc1sccc1C)C(=O)c1ccccc1OC. The molecule has 3 aromatic rings. The third kappa shape index (κ3) is 7.13. The number of rotatable bonds is 13. The first-order chi connectivity index (χ1) is 17.9. The first-order valence-electron chi connectivity index (χ1n) is 12.0. The van der Waals surface area contributed by atoms with Crippen molar-refractivity contribution >= 4 is 23.2 Å². The molecule has 1 heterocycles. The lowest BCUT2D eigenvalue weighted by Crippen LogP contribution is -2.43. The van der Waals surface area contributed by atoms with Crippen LogP contribution >= 0.6 is 11.3 Å². The summed E-state index contributed by atoms with van der Waals surface area (Å²) in [6.45, 7) is 6.94. The van der Waals surface area contributed by atoms with E-state index in [2.05, 4.69) is 6.58 Å². The van der Waals surface area contributed by atoms with Crippen molar-refractivity contribution in [2.45, 2.75) is 19.9 Å². The molecular weight excluding hydrogens is 488 g/mol. The van der Waals surface area contributed by atoms with Gasteiger partial charge in [-0.1, -0.05) is 24.3 Å². The van der Waals surface area contributed by atoms with E-state index in [4.69, 9.17) is 14.2 Å². The average molecular weight is 523 g/mol. The molecule has 8 heteroatoms. The molecule has 0 aliphatic rings. The Labute approximate surface area is 222 Å². The van der Waals surface area contributed by atoms with E-state index in [-0.39, 0.29) is 24.9 Å². The number of nitrogens with zero attached hydrogens (tertiary/aromatic N) is 2. The second-order valence-electron chi connectivity index (χ2n) is 8.46. The number of hydrogen-bond donors (Lipinski definition) is 0. The summed E-state index contributed by atoms with van der Waals surface area (Å²) in [7, 11) is 4.72. The van der Waals surface area contributed by atoms with E-state index >= 15 is 0 Å². The lowest BCUT2D eigenvalue weighted by Gasteiger charge is -2.27. The normalized spacial score (nSPS) is 10.5. The average Bonchev–Trinajstić information content (AvgIpc) is 3.33. The van der Waals surface area contributed by atoms with Crippen molar-refractivity contribution in [2.24, 2.45) is 0 Å². The number of benzene rings is 2. The summed E-state index contributed by atoms with van der Waals surface area (Å²) in [5.74, 6) is 1.35. The van der Waals surface area contributed by atoms with Gasteiger partial charge in [0.05, 0.1) is 33.4 Å². The monoisotopic (exact) mass is 522 g/mol. The molecule has 2 aromatic carbocycles. The predicted octanol–water partition coefficient (Wildman–Crippen LogP) is 4.98. The van der Waals surface area contributed by atoms with Crippen LogP contribution in [0.25, 0.3) is 0 Å². The molecule has 1 aromatic heterocycles. The molecule has 0 bridgehead atoms. The van der Waals surface area contributed by atoms with Crippen LogP contribution in [0, 0.1) is 6.92 Å². The Balaban J connectivity index is 1.81. The van der Waals surface area contributed by atoms with Gasteiger partial charge < -0.3 is 24.0 Å². The summed E-state index contributed by atoms with van der Waals surface area (Å²) < 4.78 is 16.1. The second-order valence-corrected chi connectivity index (χ2v) is 9.46. The molecule has 0 fully saturated rings. The van der Waals surface area contributed by atoms with Gasteiger partial charge >= 0.3 is 0 Å². The smallest absolute Gasteiger partial charge is 0.258 e. The van der Waals surface area contributed by atoms with Crippen LogP contribution in [0.15, 0.2) is 66.6 Å². The Hall–Kier alpha value is -3.78. The highest BCUT2D eigenvalue weighted by Gasteiger charge is 2.24. The number of ether oxygens (including phenoxy) is 3. The summed E-state index contributed by atoms with van der Waals surface area (Å²) in [5.41, 5.74) is 2.57. The molecular formula is C29H34N2O5S. The van der Waals surface area contributed by atoms with Crippen molar-refractivity contribution in [2.75, 3.05) is 41.0 Å². The third-order valence-corrected chi connectivity index (χ3v) is 7.08. The second kappa shape index (κ2) is 13.5. The molecule has 37 heavy (non-hydrogen) atoms. The predicted molar refractivity (Wildman–Crippen MR) is 147 cm³/mol. The van der Waals surface area contributed by atoms with Crippen LogP contribution < -0.4 is 14.2 Å². The van der Waals surface area contributed by atoms with Crippen LogP contribution in [0.5, 0.6) is 17.2 Å². The maximum Gasteiger partial charge on any atom is 0.258 e. The van der Waals surface area contributed by atoms with Gasteiger partial charge in [0.2, 0.25) is 5.91 Å². The molecule has 0 aliphatic heterocycles. The minimum atomic E-state index is -0.280. The zero-order valence-electron chi connectivity index (χ0n) is 21.9. The highest BCUT2D eigenvalue weighted by molar-refractivity contribution is 7.10. The van der Waals surface area contributed by atoms with Gasteiger partial charge in [0.25, 0.3) is 5.91 Å². The number of aryl methyl sites for hydroxylation is 1. The van der Waals surface area contributed by atoms with Crippen LogP contribution in [0.2, 0.25) is 0 Å². The lowest BCUT2D eigenvalue weighted by atomic mass is 10.1. The van der Waals surface area contributed by atoms with Crippen molar-refractivity contribution in [1.29, 1.82) is 0 Å². The van der Waals surface area contributed by atoms with Crippen LogP contribution in [0.1, 0.15) is 26.4 Å². The van der Waals surface area contributed by atoms with E-state index in [9.17, 15) is 9.59 Å². The molecule has 3 rings (SSSR count). The molecule has 0 radical (unpaired) electrons. The highest BCUT2D eigenvalue weighted by Crippen LogP contribution is 2.28. The van der Waals surface area contributed by atoms with Gasteiger partial charge in [-0.25, -0.2) is 0 Å². The Morgan fingerprint density at radius 1 is 0.946 bits per heavy atom. The molecule has 2 amide bonds. The zero-order valence-corrected chi connectivity index (χ0v) is 22.7. The summed E-state index contributed by atoms with van der Waals surface area (Å²) in [4.78, 5) is 31.4. The Morgan fingerprint density at radius 2 is 1.68 bits per heavy atom. The number of thiophene rings is 1. The van der Waals surface area contributed by atoms with Crippen LogP contribution in [0.3, 0.4) is 0 Å². The fourth-order valence-electron chi connectivity index (χ4n) is 3.96. The number of hydrogen-bond acceptors (Lipinski definition) is 6. The molecule has 0 unspecified atom stereocenters. The quantitative estimate of drug-likeness (QED) is 0.296. The van der Waals surface area contributed by atoms with Crippen LogP contribution in [-0.2, 0) is 17.8 Å². The Bertz CT molecular complexity index is 1220. The summed E-state index contributed by atoms with van der Waals surface area (Å²) in [5, 5.41) is 2.02. The molecule has 0 saturated carbocycles. The molecule has 0 spiro atoms. The standard InChI is InChI=1S/C29H34N2O5S/c1-6-15-31(29(33)23-9-7-8-10-24(23)34-3)20-28(32)30(19-27-21(2)14-17-37-27)16-13-22-11-12-25(35-4)26(18-22)36-5/h6-12,14,17-18H,1,13,15-16,19-20H2,2-5H3. The van der Waals surface area contributed by atoms with Gasteiger partial charge in [-0.3, -0.25) is 9.59 Å². The van der Waals surface area contributed by atoms with E-state index < -0.39 is 0 Å². The highest BCUT2D eigenvalue weighted by atomic mass is 32.1. The first-order valence-corrected chi connectivity index (χ1v) is 12.8. The summed E-state index contributed by atoms with van der Waals surface area (Å²) in [6, 6.07) is 14.8. The van der Waals surface area contributed by atoms with E-state index in [1.807, 2.05) is 36.6 Å². The largest absolute Gasteiger partial charge is 0.496 e. The van der Waals surface area contributed by atoms with Gasteiger partial charge in [0.1, 0.15) is 12.3 Å². The van der Waals surface area contributed by atoms with Gasteiger partial charge in [0.15, 0.2) is 11.5 Å². The minimum Gasteiger partial charge on any atom is -0.496 e. The summed E-state index contributed by atoms with van der Waals surface area (Å²) in [6.07, 6.45) is 2.25. The number of carbonyl (C=O) groups is 2. The van der Waals surface area contributed by atoms with Gasteiger partial charge in [-0.2, -0.15) is 0 Å². The number of para-hydroxylation sites is 1. The van der Waals surface area contributed by atoms with Gasteiger partial charge in [0, 0.05) is 18.0 Å².